The molecule has 1 aliphatic heterocycles. The van der Waals surface area contributed by atoms with Crippen molar-refractivity contribution >= 4 is 17.5 Å². The molecule has 4 N–H and O–H groups in total. The molecule has 114 valence electrons. The van der Waals surface area contributed by atoms with Crippen LogP contribution in [0.5, 0.6) is 5.75 Å². The number of piperidine rings is 1. The highest BCUT2D eigenvalue weighted by Gasteiger charge is 2.32. The quantitative estimate of drug-likeness (QED) is 0.813. The van der Waals surface area contributed by atoms with E-state index in [1.165, 1.54) is 4.90 Å². The van der Waals surface area contributed by atoms with Crippen molar-refractivity contribution in [2.24, 2.45) is 5.73 Å². The van der Waals surface area contributed by atoms with Gasteiger partial charge >= 0.3 is 0 Å². The van der Waals surface area contributed by atoms with Gasteiger partial charge in [0.2, 0.25) is 5.91 Å². The van der Waals surface area contributed by atoms with E-state index in [4.69, 9.17) is 16.2 Å². The van der Waals surface area contributed by atoms with E-state index < -0.39 is 11.9 Å². The summed E-state index contributed by atoms with van der Waals surface area (Å²) < 4.78 is 5.49. The first-order valence-electron chi connectivity index (χ1n) is 7.17. The Hall–Kier alpha value is -2.24. The number of nitrogen functional groups attached to an aromatic ring is 1. The lowest BCUT2D eigenvalue weighted by molar-refractivity contribution is -0.123. The average molecular weight is 291 g/mol. The number of anilines is 1. The topological polar surface area (TPSA) is 98.7 Å². The van der Waals surface area contributed by atoms with Gasteiger partial charge in [-0.2, -0.15) is 0 Å². The number of hydrogen-bond acceptors (Lipinski definition) is 4. The number of ether oxygens (including phenoxy) is 1. The SMILES string of the molecule is CCOc1c(N)cccc1C(=O)N1CCCCC1C(N)=O. The first kappa shape index (κ1) is 15.2. The predicted octanol–water partition coefficient (Wildman–Crippen LogP) is 1.15. The number of primary amides is 1. The number of carbonyl (C=O) groups is 2. The van der Waals surface area contributed by atoms with Crippen molar-refractivity contribution < 1.29 is 14.3 Å². The van der Waals surface area contributed by atoms with Crippen molar-refractivity contribution in [3.05, 3.63) is 23.8 Å². The van der Waals surface area contributed by atoms with Gasteiger partial charge in [-0.1, -0.05) is 6.07 Å². The molecule has 2 amide bonds. The van der Waals surface area contributed by atoms with Crippen LogP contribution in [-0.2, 0) is 4.79 Å². The Morgan fingerprint density at radius 3 is 2.81 bits per heavy atom. The molecule has 1 saturated heterocycles. The van der Waals surface area contributed by atoms with Crippen LogP contribution in [-0.4, -0.2) is 35.9 Å². The molecule has 0 aromatic heterocycles. The molecule has 0 bridgehead atoms. The Balaban J connectivity index is 2.34. The van der Waals surface area contributed by atoms with Gasteiger partial charge in [-0.3, -0.25) is 9.59 Å². The maximum Gasteiger partial charge on any atom is 0.258 e. The van der Waals surface area contributed by atoms with Gasteiger partial charge in [0.25, 0.3) is 5.91 Å². The Labute approximate surface area is 124 Å². The molecule has 1 fully saturated rings. The number of benzene rings is 1. The fourth-order valence-corrected chi connectivity index (χ4v) is 2.65. The van der Waals surface area contributed by atoms with E-state index in [1.807, 2.05) is 6.92 Å². The minimum Gasteiger partial charge on any atom is -0.491 e. The highest BCUT2D eigenvalue weighted by atomic mass is 16.5. The number of rotatable bonds is 4. The van der Waals surface area contributed by atoms with E-state index in [2.05, 4.69) is 0 Å². The Kier molecular flexibility index (Phi) is 4.67. The van der Waals surface area contributed by atoms with Crippen molar-refractivity contribution in [1.29, 1.82) is 0 Å². The fraction of sp³-hybridized carbons (Fsp3) is 0.467. The van der Waals surface area contributed by atoms with Gasteiger partial charge in [-0.25, -0.2) is 0 Å². The van der Waals surface area contributed by atoms with Crippen LogP contribution in [0.3, 0.4) is 0 Å². The van der Waals surface area contributed by atoms with Gasteiger partial charge in [0.15, 0.2) is 5.75 Å². The van der Waals surface area contributed by atoms with Gasteiger partial charge in [0, 0.05) is 6.54 Å². The van der Waals surface area contributed by atoms with Crippen LogP contribution < -0.4 is 16.2 Å². The number of amides is 2. The summed E-state index contributed by atoms with van der Waals surface area (Å²) in [6.07, 6.45) is 2.36. The fourth-order valence-electron chi connectivity index (χ4n) is 2.65. The number of hydrogen-bond donors (Lipinski definition) is 2. The largest absolute Gasteiger partial charge is 0.491 e. The molecule has 1 atom stereocenters. The number of carbonyl (C=O) groups excluding carboxylic acids is 2. The number of nitrogens with zero attached hydrogens (tertiary/aromatic N) is 1. The third-order valence-electron chi connectivity index (χ3n) is 3.66. The summed E-state index contributed by atoms with van der Waals surface area (Å²) >= 11 is 0. The monoisotopic (exact) mass is 291 g/mol. The minimum absolute atomic E-state index is 0.255. The van der Waals surface area contributed by atoms with Crippen molar-refractivity contribution in [2.75, 3.05) is 18.9 Å². The molecule has 1 unspecified atom stereocenters. The summed E-state index contributed by atoms with van der Waals surface area (Å²) in [5.74, 6) is -0.349. The molecule has 21 heavy (non-hydrogen) atoms. The standard InChI is InChI=1S/C15H21N3O3/c1-2-21-13-10(6-5-7-11(13)16)15(20)18-9-4-3-8-12(18)14(17)19/h5-7,12H,2-4,8-9,16H2,1H3,(H2,17,19). The molecule has 2 rings (SSSR count). The zero-order valence-corrected chi connectivity index (χ0v) is 12.2. The normalized spacial score (nSPS) is 18.3. The van der Waals surface area contributed by atoms with Crippen molar-refractivity contribution in [3.8, 4) is 5.75 Å². The van der Waals surface area contributed by atoms with Gasteiger partial charge in [-0.05, 0) is 38.3 Å². The zero-order valence-electron chi connectivity index (χ0n) is 12.2. The summed E-state index contributed by atoms with van der Waals surface area (Å²) in [6, 6.07) is 4.50. The molecule has 0 saturated carbocycles. The summed E-state index contributed by atoms with van der Waals surface area (Å²) in [5.41, 5.74) is 12.1. The van der Waals surface area contributed by atoms with Gasteiger partial charge < -0.3 is 21.1 Å². The summed E-state index contributed by atoms with van der Waals surface area (Å²) in [7, 11) is 0. The second kappa shape index (κ2) is 6.47. The summed E-state index contributed by atoms with van der Waals surface area (Å²) in [6.45, 7) is 2.76. The lowest BCUT2D eigenvalue weighted by Gasteiger charge is -2.34. The third-order valence-corrected chi connectivity index (χ3v) is 3.66. The maximum atomic E-state index is 12.7. The van der Waals surface area contributed by atoms with Crippen molar-refractivity contribution in [2.45, 2.75) is 32.2 Å². The van der Waals surface area contributed by atoms with Crippen LogP contribution in [0.2, 0.25) is 0 Å². The van der Waals surface area contributed by atoms with Crippen molar-refractivity contribution in [3.63, 3.8) is 0 Å². The summed E-state index contributed by atoms with van der Waals surface area (Å²) in [5, 5.41) is 0. The second-order valence-corrected chi connectivity index (χ2v) is 5.07. The number of likely N-dealkylation sites (tertiary alicyclic amines) is 1. The van der Waals surface area contributed by atoms with E-state index in [0.717, 1.165) is 12.8 Å². The molecule has 1 aromatic rings. The van der Waals surface area contributed by atoms with Crippen LogP contribution >= 0.6 is 0 Å². The molecule has 1 aromatic carbocycles. The lowest BCUT2D eigenvalue weighted by atomic mass is 10.00. The highest BCUT2D eigenvalue weighted by Crippen LogP contribution is 2.29. The highest BCUT2D eigenvalue weighted by molar-refractivity contribution is 6.01. The zero-order chi connectivity index (χ0) is 15.4. The molecule has 6 nitrogen and oxygen atoms in total. The van der Waals surface area contributed by atoms with Gasteiger partial charge in [0.05, 0.1) is 17.9 Å². The van der Waals surface area contributed by atoms with E-state index in [1.54, 1.807) is 18.2 Å². The Morgan fingerprint density at radius 1 is 1.38 bits per heavy atom. The van der Waals surface area contributed by atoms with Gasteiger partial charge in [-0.15, -0.1) is 0 Å². The van der Waals surface area contributed by atoms with Crippen LogP contribution in [0.1, 0.15) is 36.5 Å². The summed E-state index contributed by atoms with van der Waals surface area (Å²) in [4.78, 5) is 25.8. The Bertz CT molecular complexity index is 545. The van der Waals surface area contributed by atoms with E-state index in [0.29, 0.717) is 36.6 Å². The van der Waals surface area contributed by atoms with E-state index in [-0.39, 0.29) is 5.91 Å². The van der Waals surface area contributed by atoms with E-state index >= 15 is 0 Å². The average Bonchev–Trinajstić information content (AvgIpc) is 2.48. The smallest absolute Gasteiger partial charge is 0.258 e. The predicted molar refractivity (Wildman–Crippen MR) is 79.9 cm³/mol. The molecule has 6 heteroatoms. The lowest BCUT2D eigenvalue weighted by Crippen LogP contribution is -2.50. The molecule has 1 aliphatic rings. The van der Waals surface area contributed by atoms with Crippen LogP contribution in [0.15, 0.2) is 18.2 Å². The minimum atomic E-state index is -0.554. The molecular formula is C15H21N3O3. The van der Waals surface area contributed by atoms with Crippen molar-refractivity contribution in [1.82, 2.24) is 4.90 Å². The van der Waals surface area contributed by atoms with Crippen LogP contribution in [0.4, 0.5) is 5.69 Å². The third kappa shape index (κ3) is 3.09. The molecule has 0 radical (unpaired) electrons. The molecule has 0 spiro atoms. The van der Waals surface area contributed by atoms with Gasteiger partial charge in [0.1, 0.15) is 6.04 Å². The number of nitrogens with two attached hydrogens (primary N) is 2. The number of para-hydroxylation sites is 1. The first-order valence-corrected chi connectivity index (χ1v) is 7.17. The van der Waals surface area contributed by atoms with Crippen LogP contribution in [0.25, 0.3) is 0 Å². The molecule has 1 heterocycles. The molecule has 0 aliphatic carbocycles. The second-order valence-electron chi connectivity index (χ2n) is 5.07. The first-order chi connectivity index (χ1) is 10.1. The van der Waals surface area contributed by atoms with Crippen LogP contribution in [0, 0.1) is 0 Å². The van der Waals surface area contributed by atoms with E-state index in [9.17, 15) is 9.59 Å². The Morgan fingerprint density at radius 2 is 2.14 bits per heavy atom. The molecular weight excluding hydrogens is 270 g/mol. The maximum absolute atomic E-state index is 12.7.